The molecule has 0 spiro atoms. The Bertz CT molecular complexity index is 699. The molecule has 2 aromatic carbocycles. The minimum Gasteiger partial charge on any atom is -0.744 e. The van der Waals surface area contributed by atoms with Gasteiger partial charge < -0.3 is 9.04 Å². The molecule has 0 aliphatic heterocycles. The highest BCUT2D eigenvalue weighted by molar-refractivity contribution is 7.86. The van der Waals surface area contributed by atoms with Gasteiger partial charge in [-0.3, -0.25) is 0 Å². The molecule has 23 heavy (non-hydrogen) atoms. The molecule has 0 heterocycles. The van der Waals surface area contributed by atoms with Crippen LogP contribution in [-0.4, -0.2) is 43.6 Å². The molecule has 0 aromatic heterocycles. The first-order valence-corrected chi connectivity index (χ1v) is 9.53. The molecule has 5 heteroatoms. The Hall–Kier alpha value is -1.43. The number of hydrogen-bond acceptors (Lipinski definition) is 3. The smallest absolute Gasteiger partial charge is 0.125 e. The Labute approximate surface area is 140 Å². The first-order valence-electron chi connectivity index (χ1n) is 8.12. The van der Waals surface area contributed by atoms with E-state index < -0.39 is 10.1 Å². The minimum atomic E-state index is -4.38. The third-order valence-electron chi connectivity index (χ3n) is 4.70. The highest BCUT2D eigenvalue weighted by Crippen LogP contribution is 2.21. The number of hydrogen-bond donors (Lipinski definition) is 0. The van der Waals surface area contributed by atoms with Crippen molar-refractivity contribution in [1.82, 2.24) is 0 Å². The van der Waals surface area contributed by atoms with E-state index in [1.54, 1.807) is 36.4 Å². The van der Waals surface area contributed by atoms with Gasteiger partial charge in [-0.05, 0) is 44.5 Å². The Balaban J connectivity index is 0.000000257. The van der Waals surface area contributed by atoms with Crippen molar-refractivity contribution in [1.29, 1.82) is 0 Å². The molecule has 0 unspecified atom stereocenters. The van der Waals surface area contributed by atoms with Crippen molar-refractivity contribution < 1.29 is 17.5 Å². The first kappa shape index (κ1) is 19.6. The monoisotopic (exact) mass is 337 g/mol. The average molecular weight is 337 g/mol. The third kappa shape index (κ3) is 5.03. The SMILES string of the molecule is CC[N+](CC)(CC)CC.O=S(=O)([O-])c1cccc2ccccc12. The molecule has 0 aliphatic rings. The molecular weight excluding hydrogens is 310 g/mol. The van der Waals surface area contributed by atoms with Gasteiger partial charge in [0, 0.05) is 0 Å². The van der Waals surface area contributed by atoms with Gasteiger partial charge >= 0.3 is 0 Å². The first-order chi connectivity index (χ1) is 10.8. The average Bonchev–Trinajstić information content (AvgIpc) is 2.57. The quantitative estimate of drug-likeness (QED) is 0.618. The zero-order valence-electron chi connectivity index (χ0n) is 14.5. The minimum absolute atomic E-state index is 0.157. The maximum absolute atomic E-state index is 10.9. The van der Waals surface area contributed by atoms with E-state index in [0.717, 1.165) is 5.39 Å². The van der Waals surface area contributed by atoms with E-state index in [1.807, 2.05) is 0 Å². The molecule has 0 fully saturated rings. The molecule has 128 valence electrons. The lowest BCUT2D eigenvalue weighted by Crippen LogP contribution is -2.47. The third-order valence-corrected chi connectivity index (χ3v) is 5.60. The molecule has 2 aromatic rings. The second-order valence-corrected chi connectivity index (χ2v) is 6.89. The standard InChI is InChI=1S/C10H8O3S.C8H20N/c11-14(12,13)10-7-3-5-8-4-1-2-6-9(8)10;1-5-9(6-2,7-3)8-4/h1-7H,(H,11,12,13);5-8H2,1-4H3/q;+1/p-1. The van der Waals surface area contributed by atoms with Crippen LogP contribution < -0.4 is 0 Å². The van der Waals surface area contributed by atoms with Crippen LogP contribution in [0.4, 0.5) is 0 Å². The van der Waals surface area contributed by atoms with Gasteiger partial charge in [-0.25, -0.2) is 8.42 Å². The Morgan fingerprint density at radius 3 is 1.74 bits per heavy atom. The summed E-state index contributed by atoms with van der Waals surface area (Å²) in [6, 6.07) is 11.5. The molecule has 0 bridgehead atoms. The molecule has 0 aliphatic carbocycles. The molecule has 0 N–H and O–H groups in total. The highest BCUT2D eigenvalue weighted by Gasteiger charge is 2.16. The van der Waals surface area contributed by atoms with E-state index in [9.17, 15) is 13.0 Å². The van der Waals surface area contributed by atoms with E-state index in [0.29, 0.717) is 5.39 Å². The molecular formula is C18H27NO3S. The van der Waals surface area contributed by atoms with Crippen LogP contribution in [0.3, 0.4) is 0 Å². The number of fused-ring (bicyclic) bond motifs is 1. The summed E-state index contributed by atoms with van der Waals surface area (Å²) >= 11 is 0. The van der Waals surface area contributed by atoms with Crippen molar-refractivity contribution >= 4 is 20.9 Å². The van der Waals surface area contributed by atoms with E-state index >= 15 is 0 Å². The fourth-order valence-corrected chi connectivity index (χ4v) is 3.46. The van der Waals surface area contributed by atoms with Crippen molar-refractivity contribution in [2.24, 2.45) is 0 Å². The highest BCUT2D eigenvalue weighted by atomic mass is 32.2. The van der Waals surface area contributed by atoms with Gasteiger partial charge in [-0.15, -0.1) is 0 Å². The summed E-state index contributed by atoms with van der Waals surface area (Å²) in [6.07, 6.45) is 0. The summed E-state index contributed by atoms with van der Waals surface area (Å²) in [5.41, 5.74) is 0. The number of nitrogens with zero attached hydrogens (tertiary/aromatic N) is 1. The number of rotatable bonds is 5. The van der Waals surface area contributed by atoms with Gasteiger partial charge in [-0.2, -0.15) is 0 Å². The topological polar surface area (TPSA) is 57.2 Å². The van der Waals surface area contributed by atoms with Crippen molar-refractivity contribution in [3.05, 3.63) is 42.5 Å². The van der Waals surface area contributed by atoms with Crippen LogP contribution in [-0.2, 0) is 10.1 Å². The van der Waals surface area contributed by atoms with Gasteiger partial charge in [0.1, 0.15) is 10.1 Å². The van der Waals surface area contributed by atoms with E-state index in [-0.39, 0.29) is 4.90 Å². The van der Waals surface area contributed by atoms with Gasteiger partial charge in [0.05, 0.1) is 31.1 Å². The summed E-state index contributed by atoms with van der Waals surface area (Å²) < 4.78 is 34.0. The normalized spacial score (nSPS) is 11.9. The fraction of sp³-hybridized carbons (Fsp3) is 0.444. The Morgan fingerprint density at radius 1 is 0.826 bits per heavy atom. The van der Waals surface area contributed by atoms with Crippen molar-refractivity contribution in [2.45, 2.75) is 32.6 Å². The Kier molecular flexibility index (Phi) is 7.19. The van der Waals surface area contributed by atoms with Crippen LogP contribution in [0.5, 0.6) is 0 Å². The summed E-state index contributed by atoms with van der Waals surface area (Å²) in [5, 5.41) is 1.23. The summed E-state index contributed by atoms with van der Waals surface area (Å²) in [4.78, 5) is -0.157. The number of quaternary nitrogens is 1. The van der Waals surface area contributed by atoms with Gasteiger partial charge in [0.2, 0.25) is 0 Å². The fourth-order valence-electron chi connectivity index (χ4n) is 2.76. The number of benzene rings is 2. The molecule has 0 saturated carbocycles. The van der Waals surface area contributed by atoms with Crippen LogP contribution in [0.2, 0.25) is 0 Å². The van der Waals surface area contributed by atoms with Crippen LogP contribution in [0, 0.1) is 0 Å². The lowest BCUT2D eigenvalue weighted by atomic mass is 10.1. The lowest BCUT2D eigenvalue weighted by Gasteiger charge is -2.34. The molecule has 0 amide bonds. The van der Waals surface area contributed by atoms with Crippen LogP contribution in [0.1, 0.15) is 27.7 Å². The maximum atomic E-state index is 10.9. The maximum Gasteiger partial charge on any atom is 0.125 e. The largest absolute Gasteiger partial charge is 0.744 e. The molecule has 4 nitrogen and oxygen atoms in total. The summed E-state index contributed by atoms with van der Waals surface area (Å²) in [5.74, 6) is 0. The zero-order valence-corrected chi connectivity index (χ0v) is 15.3. The molecule has 0 atom stereocenters. The van der Waals surface area contributed by atoms with E-state index in [1.165, 1.54) is 36.7 Å². The molecule has 2 rings (SSSR count). The van der Waals surface area contributed by atoms with Gasteiger partial charge in [-0.1, -0.05) is 36.4 Å². The van der Waals surface area contributed by atoms with Crippen molar-refractivity contribution in [3.63, 3.8) is 0 Å². The Morgan fingerprint density at radius 2 is 1.30 bits per heavy atom. The van der Waals surface area contributed by atoms with Gasteiger partial charge in [0.25, 0.3) is 0 Å². The van der Waals surface area contributed by atoms with Crippen molar-refractivity contribution in [2.75, 3.05) is 26.2 Å². The molecule has 0 saturated heterocycles. The van der Waals surface area contributed by atoms with Gasteiger partial charge in [0.15, 0.2) is 0 Å². The van der Waals surface area contributed by atoms with Crippen LogP contribution >= 0.6 is 0 Å². The predicted octanol–water partition coefficient (Wildman–Crippen LogP) is 3.63. The zero-order chi connectivity index (χ0) is 17.5. The lowest BCUT2D eigenvalue weighted by molar-refractivity contribution is -0.921. The van der Waals surface area contributed by atoms with E-state index in [2.05, 4.69) is 27.7 Å². The second-order valence-electron chi connectivity index (χ2n) is 5.54. The van der Waals surface area contributed by atoms with E-state index in [4.69, 9.17) is 0 Å². The molecule has 0 radical (unpaired) electrons. The predicted molar refractivity (Wildman–Crippen MR) is 94.3 cm³/mol. The van der Waals surface area contributed by atoms with Crippen LogP contribution in [0.15, 0.2) is 47.4 Å². The summed E-state index contributed by atoms with van der Waals surface area (Å²) in [6.45, 7) is 14.2. The van der Waals surface area contributed by atoms with Crippen molar-refractivity contribution in [3.8, 4) is 0 Å². The second kappa shape index (κ2) is 8.43. The summed E-state index contributed by atoms with van der Waals surface area (Å²) in [7, 11) is -4.38. The van der Waals surface area contributed by atoms with Crippen LogP contribution in [0.25, 0.3) is 10.8 Å².